The third kappa shape index (κ3) is 2.58. The maximum Gasteiger partial charge on any atom is 0.231 e. The summed E-state index contributed by atoms with van der Waals surface area (Å²) in [7, 11) is 2.02. The molecule has 1 fully saturated rings. The number of nitrogens with zero attached hydrogens (tertiary/aromatic N) is 2. The van der Waals surface area contributed by atoms with Crippen LogP contribution in [0.3, 0.4) is 0 Å². The number of aromatic nitrogens is 1. The molecule has 2 atom stereocenters. The monoisotopic (exact) mass is 328 g/mol. The number of hydrogen-bond acceptors (Lipinski definition) is 3. The van der Waals surface area contributed by atoms with Gasteiger partial charge in [0.05, 0.1) is 25.2 Å². The van der Waals surface area contributed by atoms with E-state index in [0.29, 0.717) is 19.8 Å². The van der Waals surface area contributed by atoms with Crippen molar-refractivity contribution in [2.45, 2.75) is 16.9 Å². The SMILES string of the molecule is Cn1cccc1[C@H]1COCCN1C(=O)[C@@H]1CSc2ccccc21. The number of morpholine rings is 1. The number of ether oxygens (including phenoxy) is 1. The summed E-state index contributed by atoms with van der Waals surface area (Å²) in [4.78, 5) is 16.5. The Labute approximate surface area is 140 Å². The third-order valence-corrected chi connectivity index (χ3v) is 5.92. The zero-order valence-electron chi connectivity index (χ0n) is 13.1. The molecule has 5 heteroatoms. The third-order valence-electron chi connectivity index (χ3n) is 4.73. The van der Waals surface area contributed by atoms with Crippen LogP contribution in [-0.4, -0.2) is 40.9 Å². The Morgan fingerprint density at radius 3 is 2.96 bits per heavy atom. The van der Waals surface area contributed by atoms with E-state index >= 15 is 0 Å². The summed E-state index contributed by atoms with van der Waals surface area (Å²) in [5.74, 6) is 1.05. The molecule has 0 spiro atoms. The van der Waals surface area contributed by atoms with Gasteiger partial charge < -0.3 is 14.2 Å². The predicted molar refractivity (Wildman–Crippen MR) is 90.6 cm³/mol. The minimum Gasteiger partial charge on any atom is -0.377 e. The Morgan fingerprint density at radius 1 is 1.26 bits per heavy atom. The van der Waals surface area contributed by atoms with E-state index in [9.17, 15) is 4.79 Å². The number of aryl methyl sites for hydroxylation is 1. The first kappa shape index (κ1) is 14.8. The van der Waals surface area contributed by atoms with Crippen LogP contribution < -0.4 is 0 Å². The molecule has 0 radical (unpaired) electrons. The molecule has 1 saturated heterocycles. The lowest BCUT2D eigenvalue weighted by molar-refractivity contribution is -0.141. The average Bonchev–Trinajstić information content (AvgIpc) is 3.20. The highest BCUT2D eigenvalue weighted by atomic mass is 32.2. The molecule has 2 aliphatic rings. The first-order valence-corrected chi connectivity index (χ1v) is 8.95. The first-order chi connectivity index (χ1) is 11.3. The molecule has 0 N–H and O–H groups in total. The minimum absolute atomic E-state index is 0.00834. The van der Waals surface area contributed by atoms with E-state index in [1.54, 1.807) is 11.8 Å². The highest BCUT2D eigenvalue weighted by molar-refractivity contribution is 7.99. The maximum absolute atomic E-state index is 13.2. The zero-order valence-corrected chi connectivity index (χ0v) is 14.0. The van der Waals surface area contributed by atoms with E-state index in [1.807, 2.05) is 36.3 Å². The molecule has 0 aliphatic carbocycles. The van der Waals surface area contributed by atoms with Gasteiger partial charge in [0.2, 0.25) is 5.91 Å². The summed E-state index contributed by atoms with van der Waals surface area (Å²) in [6, 6.07) is 12.4. The van der Waals surface area contributed by atoms with Crippen molar-refractivity contribution in [3.8, 4) is 0 Å². The molecule has 23 heavy (non-hydrogen) atoms. The topological polar surface area (TPSA) is 34.5 Å². The van der Waals surface area contributed by atoms with Crippen LogP contribution in [0.25, 0.3) is 0 Å². The second-order valence-electron chi connectivity index (χ2n) is 6.07. The van der Waals surface area contributed by atoms with Gasteiger partial charge in [0.1, 0.15) is 0 Å². The average molecular weight is 328 g/mol. The van der Waals surface area contributed by atoms with Crippen molar-refractivity contribution < 1.29 is 9.53 Å². The Morgan fingerprint density at radius 2 is 2.13 bits per heavy atom. The van der Waals surface area contributed by atoms with E-state index < -0.39 is 0 Å². The summed E-state index contributed by atoms with van der Waals surface area (Å²) in [6.45, 7) is 1.86. The first-order valence-electron chi connectivity index (χ1n) is 7.97. The quantitative estimate of drug-likeness (QED) is 0.850. The second-order valence-corrected chi connectivity index (χ2v) is 7.13. The van der Waals surface area contributed by atoms with Gasteiger partial charge in [-0.15, -0.1) is 11.8 Å². The summed E-state index contributed by atoms with van der Waals surface area (Å²) >= 11 is 1.79. The van der Waals surface area contributed by atoms with Crippen LogP contribution in [0.2, 0.25) is 0 Å². The molecule has 3 heterocycles. The number of carbonyl (C=O) groups excluding carboxylic acids is 1. The van der Waals surface area contributed by atoms with E-state index in [0.717, 1.165) is 11.4 Å². The second kappa shape index (κ2) is 6.06. The predicted octanol–water partition coefficient (Wildman–Crippen LogP) is 2.81. The molecule has 120 valence electrons. The molecule has 2 aromatic rings. The van der Waals surface area contributed by atoms with Gasteiger partial charge in [-0.2, -0.15) is 0 Å². The van der Waals surface area contributed by atoms with Crippen molar-refractivity contribution in [2.75, 3.05) is 25.5 Å². The van der Waals surface area contributed by atoms with Gasteiger partial charge in [0.25, 0.3) is 0 Å². The van der Waals surface area contributed by atoms with Crippen molar-refractivity contribution in [3.63, 3.8) is 0 Å². The number of amides is 1. The molecule has 4 nitrogen and oxygen atoms in total. The molecule has 0 unspecified atom stereocenters. The number of benzene rings is 1. The highest BCUT2D eigenvalue weighted by Gasteiger charge is 2.37. The van der Waals surface area contributed by atoms with E-state index in [1.165, 1.54) is 10.5 Å². The molecule has 0 bridgehead atoms. The molecule has 1 aromatic carbocycles. The largest absolute Gasteiger partial charge is 0.377 e. The highest BCUT2D eigenvalue weighted by Crippen LogP contribution is 2.41. The van der Waals surface area contributed by atoms with E-state index in [2.05, 4.69) is 22.8 Å². The number of carbonyl (C=O) groups is 1. The van der Waals surface area contributed by atoms with Crippen LogP contribution in [0, 0.1) is 0 Å². The van der Waals surface area contributed by atoms with Gasteiger partial charge in [-0.1, -0.05) is 18.2 Å². The summed E-state index contributed by atoms with van der Waals surface area (Å²) in [6.07, 6.45) is 2.02. The summed E-state index contributed by atoms with van der Waals surface area (Å²) < 4.78 is 7.74. The molecule has 2 aliphatic heterocycles. The maximum atomic E-state index is 13.2. The fraction of sp³-hybridized carbons (Fsp3) is 0.389. The van der Waals surface area contributed by atoms with Crippen molar-refractivity contribution >= 4 is 17.7 Å². The zero-order chi connectivity index (χ0) is 15.8. The Hall–Kier alpha value is -1.72. The van der Waals surface area contributed by atoms with Gasteiger partial charge >= 0.3 is 0 Å². The van der Waals surface area contributed by atoms with Crippen molar-refractivity contribution in [1.29, 1.82) is 0 Å². The number of hydrogen-bond donors (Lipinski definition) is 0. The molecular formula is C18H20N2O2S. The minimum atomic E-state index is -0.0305. The molecule has 0 saturated carbocycles. The van der Waals surface area contributed by atoms with Gasteiger partial charge in [-0.05, 0) is 23.8 Å². The number of fused-ring (bicyclic) bond motifs is 1. The van der Waals surface area contributed by atoms with Crippen molar-refractivity contribution in [1.82, 2.24) is 9.47 Å². The normalized spacial score (nSPS) is 23.8. The van der Waals surface area contributed by atoms with Gasteiger partial charge in [-0.3, -0.25) is 4.79 Å². The van der Waals surface area contributed by atoms with Crippen LogP contribution in [0.5, 0.6) is 0 Å². The summed E-state index contributed by atoms with van der Waals surface area (Å²) in [5.41, 5.74) is 2.32. The van der Waals surface area contributed by atoms with Crippen LogP contribution in [0.1, 0.15) is 23.2 Å². The smallest absolute Gasteiger partial charge is 0.231 e. The standard InChI is InChI=1S/C18H20N2O2S/c1-19-8-4-6-15(19)16-11-22-10-9-20(16)18(21)14-12-23-17-7-3-2-5-13(14)17/h2-8,14,16H,9-12H2,1H3/t14-,16-/m1/s1. The van der Waals surface area contributed by atoms with Gasteiger partial charge in [-0.25, -0.2) is 0 Å². The Bertz CT molecular complexity index is 727. The molecular weight excluding hydrogens is 308 g/mol. The van der Waals surface area contributed by atoms with Gasteiger partial charge in [0.15, 0.2) is 0 Å². The molecule has 1 amide bonds. The summed E-state index contributed by atoms with van der Waals surface area (Å²) in [5, 5.41) is 0. The lowest BCUT2D eigenvalue weighted by Crippen LogP contribution is -2.46. The van der Waals surface area contributed by atoms with Crippen LogP contribution in [-0.2, 0) is 16.6 Å². The Balaban J connectivity index is 1.63. The fourth-order valence-corrected chi connectivity index (χ4v) is 4.72. The lowest BCUT2D eigenvalue weighted by Gasteiger charge is -2.37. The van der Waals surface area contributed by atoms with Crippen LogP contribution in [0.15, 0.2) is 47.5 Å². The molecule has 1 aromatic heterocycles. The Kier molecular flexibility index (Phi) is 3.91. The van der Waals surface area contributed by atoms with Crippen LogP contribution >= 0.6 is 11.8 Å². The van der Waals surface area contributed by atoms with Gasteiger partial charge in [0, 0.05) is 36.1 Å². The number of thioether (sulfide) groups is 1. The van der Waals surface area contributed by atoms with Crippen molar-refractivity contribution in [2.24, 2.45) is 7.05 Å². The van der Waals surface area contributed by atoms with Crippen molar-refractivity contribution in [3.05, 3.63) is 53.9 Å². The van der Waals surface area contributed by atoms with Crippen LogP contribution in [0.4, 0.5) is 0 Å². The molecule has 4 rings (SSSR count). The lowest BCUT2D eigenvalue weighted by atomic mass is 9.98. The van der Waals surface area contributed by atoms with E-state index in [-0.39, 0.29) is 17.9 Å². The number of rotatable bonds is 2. The van der Waals surface area contributed by atoms with E-state index in [4.69, 9.17) is 4.74 Å². The fourth-order valence-electron chi connectivity index (χ4n) is 3.50.